The smallest absolute Gasteiger partial charge is 0.414 e. The van der Waals surface area contributed by atoms with Gasteiger partial charge in [0.15, 0.2) is 5.43 Å². The number of aromatic nitrogens is 1. The Kier molecular flexibility index (Phi) is 3.80. The molecule has 2 amide bonds. The van der Waals surface area contributed by atoms with Gasteiger partial charge in [-0.15, -0.1) is 0 Å². The second-order valence-corrected chi connectivity index (χ2v) is 5.55. The fourth-order valence-electron chi connectivity index (χ4n) is 1.78. The van der Waals surface area contributed by atoms with Crippen LogP contribution in [0, 0.1) is 0 Å². The number of amides is 2. The van der Waals surface area contributed by atoms with Crippen LogP contribution in [0.1, 0.15) is 31.3 Å². The number of pyridine rings is 1. The highest BCUT2D eigenvalue weighted by Gasteiger charge is 2.19. The molecule has 1 aromatic carbocycles. The van der Waals surface area contributed by atoms with E-state index in [0.29, 0.717) is 10.9 Å². The van der Waals surface area contributed by atoms with Crippen LogP contribution in [0.3, 0.4) is 0 Å². The van der Waals surface area contributed by atoms with E-state index in [1.807, 2.05) is 0 Å². The highest BCUT2D eigenvalue weighted by molar-refractivity contribution is 6.02. The third kappa shape index (κ3) is 3.68. The zero-order chi connectivity index (χ0) is 15.6. The lowest BCUT2D eigenvalue weighted by Crippen LogP contribution is -2.37. The topological polar surface area (TPSA) is 88.3 Å². The molecule has 6 heteroatoms. The van der Waals surface area contributed by atoms with E-state index in [0.717, 1.165) is 6.07 Å². The minimum Gasteiger partial charge on any atom is -0.444 e. The molecule has 0 aliphatic heterocycles. The summed E-state index contributed by atoms with van der Waals surface area (Å²) in [6.45, 7) is 5.07. The molecule has 0 atom stereocenters. The van der Waals surface area contributed by atoms with Crippen molar-refractivity contribution >= 4 is 22.9 Å². The molecule has 0 fully saturated rings. The maximum atomic E-state index is 12.0. The van der Waals surface area contributed by atoms with Crippen molar-refractivity contribution in [2.45, 2.75) is 26.4 Å². The minimum absolute atomic E-state index is 0.00422. The van der Waals surface area contributed by atoms with Gasteiger partial charge in [0.25, 0.3) is 5.91 Å². The molecule has 2 rings (SSSR count). The molecule has 0 aliphatic rings. The molecule has 1 heterocycles. The van der Waals surface area contributed by atoms with Gasteiger partial charge in [-0.1, -0.05) is 12.1 Å². The van der Waals surface area contributed by atoms with Gasteiger partial charge in [-0.3, -0.25) is 14.9 Å². The number of aromatic amines is 1. The van der Waals surface area contributed by atoms with E-state index in [9.17, 15) is 14.4 Å². The number of fused-ring (bicyclic) bond motifs is 1. The summed E-state index contributed by atoms with van der Waals surface area (Å²) in [7, 11) is 0. The number of para-hydroxylation sites is 1. The van der Waals surface area contributed by atoms with E-state index in [2.05, 4.69) is 10.3 Å². The number of imide groups is 1. The number of carbonyl (C=O) groups excluding carboxylic acids is 2. The average molecular weight is 288 g/mol. The first-order valence-corrected chi connectivity index (χ1v) is 6.43. The zero-order valence-corrected chi connectivity index (χ0v) is 12.0. The van der Waals surface area contributed by atoms with Gasteiger partial charge in [-0.25, -0.2) is 4.79 Å². The van der Waals surface area contributed by atoms with Crippen LogP contribution < -0.4 is 10.7 Å². The third-order valence-electron chi connectivity index (χ3n) is 2.60. The molecule has 21 heavy (non-hydrogen) atoms. The lowest BCUT2D eigenvalue weighted by atomic mass is 10.2. The molecule has 0 bridgehead atoms. The summed E-state index contributed by atoms with van der Waals surface area (Å²) in [5.41, 5.74) is -0.469. The van der Waals surface area contributed by atoms with Crippen molar-refractivity contribution in [1.29, 1.82) is 0 Å². The Bertz CT molecular complexity index is 756. The van der Waals surface area contributed by atoms with Crippen LogP contribution in [0.15, 0.2) is 35.1 Å². The molecule has 0 spiro atoms. The monoisotopic (exact) mass is 288 g/mol. The second-order valence-electron chi connectivity index (χ2n) is 5.55. The molecule has 0 aliphatic carbocycles. The van der Waals surface area contributed by atoms with Gasteiger partial charge in [0.2, 0.25) is 0 Å². The molecule has 6 nitrogen and oxygen atoms in total. The molecule has 110 valence electrons. The number of alkyl carbamates (subject to hydrolysis) is 1. The van der Waals surface area contributed by atoms with Crippen LogP contribution >= 0.6 is 0 Å². The Labute approximate surface area is 121 Å². The lowest BCUT2D eigenvalue weighted by molar-refractivity contribution is 0.0507. The van der Waals surface area contributed by atoms with Crippen molar-refractivity contribution < 1.29 is 14.3 Å². The Balaban J connectivity index is 2.24. The van der Waals surface area contributed by atoms with Gasteiger partial charge in [0.1, 0.15) is 11.3 Å². The predicted octanol–water partition coefficient (Wildman–Crippen LogP) is 2.19. The molecule has 1 aromatic heterocycles. The van der Waals surface area contributed by atoms with Gasteiger partial charge in [-0.2, -0.15) is 0 Å². The average Bonchev–Trinajstić information content (AvgIpc) is 2.36. The van der Waals surface area contributed by atoms with Crippen LogP contribution in [0.25, 0.3) is 10.9 Å². The number of rotatable bonds is 1. The van der Waals surface area contributed by atoms with E-state index >= 15 is 0 Å². The number of H-pyrrole nitrogens is 1. The zero-order valence-electron chi connectivity index (χ0n) is 12.0. The molecule has 0 radical (unpaired) electrons. The van der Waals surface area contributed by atoms with Crippen molar-refractivity contribution in [3.05, 3.63) is 46.2 Å². The normalized spacial score (nSPS) is 11.2. The van der Waals surface area contributed by atoms with Gasteiger partial charge >= 0.3 is 6.09 Å². The summed E-state index contributed by atoms with van der Waals surface area (Å²) in [5, 5.41) is 2.55. The van der Waals surface area contributed by atoms with Crippen LogP contribution in [0.2, 0.25) is 0 Å². The van der Waals surface area contributed by atoms with E-state index in [4.69, 9.17) is 4.74 Å². The number of benzene rings is 1. The number of nitrogens with one attached hydrogen (secondary N) is 2. The first-order chi connectivity index (χ1) is 9.76. The number of ether oxygens (including phenoxy) is 1. The van der Waals surface area contributed by atoms with E-state index in [1.165, 1.54) is 0 Å². The quantitative estimate of drug-likeness (QED) is 0.842. The molecule has 0 unspecified atom stereocenters. The molecular formula is C15H16N2O4. The molecule has 0 saturated heterocycles. The Morgan fingerprint density at radius 1 is 1.19 bits per heavy atom. The van der Waals surface area contributed by atoms with E-state index < -0.39 is 17.6 Å². The van der Waals surface area contributed by atoms with Gasteiger partial charge in [-0.05, 0) is 32.9 Å². The van der Waals surface area contributed by atoms with Crippen LogP contribution in [0.5, 0.6) is 0 Å². The maximum Gasteiger partial charge on any atom is 0.414 e. The number of carbonyl (C=O) groups is 2. The summed E-state index contributed by atoms with van der Waals surface area (Å²) in [5.74, 6) is -0.716. The van der Waals surface area contributed by atoms with Crippen molar-refractivity contribution in [2.24, 2.45) is 0 Å². The lowest BCUT2D eigenvalue weighted by Gasteiger charge is -2.19. The Morgan fingerprint density at radius 2 is 1.86 bits per heavy atom. The van der Waals surface area contributed by atoms with Crippen LogP contribution in [-0.4, -0.2) is 22.6 Å². The van der Waals surface area contributed by atoms with Gasteiger partial charge in [0.05, 0.1) is 0 Å². The van der Waals surface area contributed by atoms with Crippen LogP contribution in [-0.2, 0) is 4.74 Å². The maximum absolute atomic E-state index is 12.0. The van der Waals surface area contributed by atoms with Crippen molar-refractivity contribution in [2.75, 3.05) is 0 Å². The number of hydrogen-bond donors (Lipinski definition) is 2. The van der Waals surface area contributed by atoms with Crippen molar-refractivity contribution in [3.63, 3.8) is 0 Å². The summed E-state index contributed by atoms with van der Waals surface area (Å²) < 4.78 is 4.98. The Morgan fingerprint density at radius 3 is 2.52 bits per heavy atom. The summed E-state index contributed by atoms with van der Waals surface area (Å²) in [6.07, 6.45) is -0.860. The van der Waals surface area contributed by atoms with Gasteiger partial charge in [0, 0.05) is 17.0 Å². The first-order valence-electron chi connectivity index (χ1n) is 6.43. The fourth-order valence-corrected chi connectivity index (χ4v) is 1.78. The standard InChI is InChI=1S/C15H16N2O4/c1-15(2,3)21-14(20)17-13(19)11-8-12(18)9-6-4-5-7-10(9)16-11/h4-8H,1-3H3,(H,16,18)(H,17,19,20). The molecule has 2 aromatic rings. The van der Waals surface area contributed by atoms with Crippen LogP contribution in [0.4, 0.5) is 4.79 Å². The van der Waals surface area contributed by atoms with E-state index in [1.54, 1.807) is 45.0 Å². The Hall–Kier alpha value is -2.63. The second kappa shape index (κ2) is 5.40. The third-order valence-corrected chi connectivity index (χ3v) is 2.60. The highest BCUT2D eigenvalue weighted by Crippen LogP contribution is 2.09. The molecule has 2 N–H and O–H groups in total. The predicted molar refractivity (Wildman–Crippen MR) is 78.3 cm³/mol. The van der Waals surface area contributed by atoms with Gasteiger partial charge < -0.3 is 9.72 Å². The molecular weight excluding hydrogens is 272 g/mol. The highest BCUT2D eigenvalue weighted by atomic mass is 16.6. The summed E-state index contributed by atoms with van der Waals surface area (Å²) in [6, 6.07) is 7.97. The molecule has 0 saturated carbocycles. The fraction of sp³-hybridized carbons (Fsp3) is 0.267. The largest absolute Gasteiger partial charge is 0.444 e. The minimum atomic E-state index is -0.860. The van der Waals surface area contributed by atoms with Crippen molar-refractivity contribution in [1.82, 2.24) is 10.3 Å². The first kappa shape index (κ1) is 14.8. The van der Waals surface area contributed by atoms with Crippen molar-refractivity contribution in [3.8, 4) is 0 Å². The number of hydrogen-bond acceptors (Lipinski definition) is 4. The summed E-state index contributed by atoms with van der Waals surface area (Å²) in [4.78, 5) is 38.2. The van der Waals surface area contributed by atoms with E-state index in [-0.39, 0.29) is 11.1 Å². The SMILES string of the molecule is CC(C)(C)OC(=O)NC(=O)c1cc(=O)c2ccccc2[nH]1. The summed E-state index contributed by atoms with van der Waals surface area (Å²) >= 11 is 0.